The fourth-order valence-corrected chi connectivity index (χ4v) is 3.90. The van der Waals surface area contributed by atoms with Crippen LogP contribution in [0.5, 0.6) is 11.5 Å². The molecule has 0 aliphatic heterocycles. The summed E-state index contributed by atoms with van der Waals surface area (Å²) < 4.78 is 16.6. The second kappa shape index (κ2) is 14.2. The van der Waals surface area contributed by atoms with E-state index >= 15 is 0 Å². The molecule has 0 unspecified atom stereocenters. The number of ether oxygens (including phenoxy) is 3. The average Bonchev–Trinajstić information content (AvgIpc) is 2.99. The Balaban J connectivity index is 1.33. The molecule has 0 aliphatic carbocycles. The molecule has 1 amide bonds. The van der Waals surface area contributed by atoms with Gasteiger partial charge in [-0.15, -0.1) is 0 Å². The van der Waals surface area contributed by atoms with Crippen molar-refractivity contribution in [1.82, 2.24) is 5.32 Å². The third-order valence-corrected chi connectivity index (χ3v) is 5.95. The largest absolute Gasteiger partial charge is 0.490 e. The van der Waals surface area contributed by atoms with E-state index in [0.717, 1.165) is 22.4 Å². The SMILES string of the molecule is COC(=O)[C@H](Cc1ccc(OCc2ccccc2)cc1)NC(=O)c1cccc(OCC=Cc2ccccc2)c1. The lowest BCUT2D eigenvalue weighted by molar-refractivity contribution is -0.142. The van der Waals surface area contributed by atoms with Crippen LogP contribution < -0.4 is 14.8 Å². The van der Waals surface area contributed by atoms with Crippen LogP contribution in [0.1, 0.15) is 27.0 Å². The van der Waals surface area contributed by atoms with Gasteiger partial charge in [0.15, 0.2) is 0 Å². The number of carbonyl (C=O) groups is 2. The lowest BCUT2D eigenvalue weighted by atomic mass is 10.0. The molecule has 0 heterocycles. The van der Waals surface area contributed by atoms with E-state index in [4.69, 9.17) is 14.2 Å². The van der Waals surface area contributed by atoms with Gasteiger partial charge in [0.1, 0.15) is 30.8 Å². The van der Waals surface area contributed by atoms with Crippen molar-refractivity contribution >= 4 is 18.0 Å². The van der Waals surface area contributed by atoms with Gasteiger partial charge in [0.05, 0.1) is 7.11 Å². The number of methoxy groups -OCH3 is 1. The minimum atomic E-state index is -0.850. The van der Waals surface area contributed by atoms with Crippen LogP contribution in [0.25, 0.3) is 6.08 Å². The molecule has 6 nitrogen and oxygen atoms in total. The second-order valence-corrected chi connectivity index (χ2v) is 8.82. The highest BCUT2D eigenvalue weighted by Crippen LogP contribution is 2.17. The van der Waals surface area contributed by atoms with E-state index < -0.39 is 17.9 Å². The first-order valence-electron chi connectivity index (χ1n) is 12.7. The van der Waals surface area contributed by atoms with Crippen LogP contribution in [0.4, 0.5) is 0 Å². The maximum atomic E-state index is 13.0. The predicted molar refractivity (Wildman–Crippen MR) is 152 cm³/mol. The molecular weight excluding hydrogens is 490 g/mol. The Kier molecular flexibility index (Phi) is 9.90. The van der Waals surface area contributed by atoms with E-state index in [1.165, 1.54) is 7.11 Å². The van der Waals surface area contributed by atoms with Gasteiger partial charge in [0.25, 0.3) is 5.91 Å². The third kappa shape index (κ3) is 8.61. The van der Waals surface area contributed by atoms with Gasteiger partial charge in [-0.1, -0.05) is 84.9 Å². The summed E-state index contributed by atoms with van der Waals surface area (Å²) in [5.41, 5.74) is 3.41. The zero-order valence-corrected chi connectivity index (χ0v) is 21.8. The van der Waals surface area contributed by atoms with Crippen molar-refractivity contribution in [3.05, 3.63) is 138 Å². The molecule has 0 spiro atoms. The molecule has 4 aromatic rings. The van der Waals surface area contributed by atoms with Gasteiger partial charge in [-0.25, -0.2) is 4.79 Å². The topological polar surface area (TPSA) is 73.9 Å². The van der Waals surface area contributed by atoms with Crippen LogP contribution in [0.3, 0.4) is 0 Å². The van der Waals surface area contributed by atoms with Crippen LogP contribution in [0.15, 0.2) is 115 Å². The maximum absolute atomic E-state index is 13.0. The Bertz CT molecular complexity index is 1370. The molecule has 198 valence electrons. The summed E-state index contributed by atoms with van der Waals surface area (Å²) >= 11 is 0. The molecule has 4 rings (SSSR count). The summed E-state index contributed by atoms with van der Waals surface area (Å²) in [6, 6.07) is 33.3. The summed E-state index contributed by atoms with van der Waals surface area (Å²) in [7, 11) is 1.30. The van der Waals surface area contributed by atoms with Gasteiger partial charge in [-0.05, 0) is 53.1 Å². The number of rotatable bonds is 12. The number of amides is 1. The number of nitrogens with one attached hydrogen (secondary N) is 1. The van der Waals surface area contributed by atoms with E-state index in [9.17, 15) is 9.59 Å². The van der Waals surface area contributed by atoms with Crippen molar-refractivity contribution < 1.29 is 23.8 Å². The molecule has 0 bridgehead atoms. The Labute approximate surface area is 228 Å². The summed E-state index contributed by atoms with van der Waals surface area (Å²) in [6.45, 7) is 0.822. The molecule has 0 saturated carbocycles. The monoisotopic (exact) mass is 521 g/mol. The van der Waals surface area contributed by atoms with Gasteiger partial charge in [-0.3, -0.25) is 4.79 Å². The Hall–Kier alpha value is -4.84. The molecule has 0 radical (unpaired) electrons. The Morgan fingerprint density at radius 1 is 0.769 bits per heavy atom. The molecule has 0 saturated heterocycles. The molecule has 6 heteroatoms. The number of hydrogen-bond acceptors (Lipinski definition) is 5. The standard InChI is InChI=1S/C33H31NO5/c1-37-33(36)31(22-26-17-19-29(20-18-26)39-24-27-12-6-3-7-13-27)34-32(35)28-15-8-16-30(23-28)38-21-9-14-25-10-4-2-5-11-25/h2-20,23,31H,21-22,24H2,1H3,(H,34,35)/t31-/m0/s1. The first-order chi connectivity index (χ1) is 19.1. The van der Waals surface area contributed by atoms with Gasteiger partial charge in [-0.2, -0.15) is 0 Å². The van der Waals surface area contributed by atoms with Gasteiger partial charge in [0.2, 0.25) is 0 Å². The van der Waals surface area contributed by atoms with Crippen LogP contribution in [-0.2, 0) is 22.6 Å². The summed E-state index contributed by atoms with van der Waals surface area (Å²) in [4.78, 5) is 25.5. The Morgan fingerprint density at radius 3 is 2.21 bits per heavy atom. The van der Waals surface area contributed by atoms with Crippen LogP contribution in [0, 0.1) is 0 Å². The second-order valence-electron chi connectivity index (χ2n) is 8.82. The highest BCUT2D eigenvalue weighted by atomic mass is 16.5. The number of carbonyl (C=O) groups excluding carboxylic acids is 2. The maximum Gasteiger partial charge on any atom is 0.328 e. The normalized spacial score (nSPS) is 11.5. The molecule has 39 heavy (non-hydrogen) atoms. The number of hydrogen-bond donors (Lipinski definition) is 1. The minimum Gasteiger partial charge on any atom is -0.490 e. The summed E-state index contributed by atoms with van der Waals surface area (Å²) in [6.07, 6.45) is 4.16. The first-order valence-corrected chi connectivity index (χ1v) is 12.7. The minimum absolute atomic E-state index is 0.276. The molecule has 0 aromatic heterocycles. The van der Waals surface area contributed by atoms with E-state index in [1.54, 1.807) is 24.3 Å². The number of esters is 1. The van der Waals surface area contributed by atoms with Gasteiger partial charge in [0, 0.05) is 12.0 Å². The fraction of sp³-hybridized carbons (Fsp3) is 0.152. The van der Waals surface area contributed by atoms with E-state index in [2.05, 4.69) is 5.32 Å². The van der Waals surface area contributed by atoms with E-state index in [-0.39, 0.29) is 6.42 Å². The first kappa shape index (κ1) is 27.2. The third-order valence-electron chi connectivity index (χ3n) is 5.95. The highest BCUT2D eigenvalue weighted by molar-refractivity contribution is 5.97. The van der Waals surface area contributed by atoms with Crippen molar-refractivity contribution in [3.63, 3.8) is 0 Å². The van der Waals surface area contributed by atoms with E-state index in [0.29, 0.717) is 24.5 Å². The predicted octanol–water partition coefficient (Wildman–Crippen LogP) is 5.87. The van der Waals surface area contributed by atoms with E-state index in [1.807, 2.05) is 97.1 Å². The van der Waals surface area contributed by atoms with Gasteiger partial charge >= 0.3 is 5.97 Å². The fourth-order valence-electron chi connectivity index (χ4n) is 3.90. The lowest BCUT2D eigenvalue weighted by Gasteiger charge is -2.17. The summed E-state index contributed by atoms with van der Waals surface area (Å²) in [5, 5.41) is 2.80. The van der Waals surface area contributed by atoms with Crippen molar-refractivity contribution in [2.45, 2.75) is 19.1 Å². The van der Waals surface area contributed by atoms with Crippen LogP contribution in [0.2, 0.25) is 0 Å². The van der Waals surface area contributed by atoms with Gasteiger partial charge < -0.3 is 19.5 Å². The highest BCUT2D eigenvalue weighted by Gasteiger charge is 2.23. The van der Waals surface area contributed by atoms with Crippen LogP contribution >= 0.6 is 0 Å². The van der Waals surface area contributed by atoms with Crippen LogP contribution in [-0.4, -0.2) is 31.6 Å². The average molecular weight is 522 g/mol. The van der Waals surface area contributed by atoms with Crippen molar-refractivity contribution in [2.75, 3.05) is 13.7 Å². The smallest absolute Gasteiger partial charge is 0.328 e. The lowest BCUT2D eigenvalue weighted by Crippen LogP contribution is -2.43. The molecule has 0 aliphatic rings. The zero-order valence-electron chi connectivity index (χ0n) is 21.8. The molecule has 1 N–H and O–H groups in total. The summed E-state index contributed by atoms with van der Waals surface area (Å²) in [5.74, 6) is 0.363. The van der Waals surface area contributed by atoms with Crippen molar-refractivity contribution in [3.8, 4) is 11.5 Å². The molecular formula is C33H31NO5. The quantitative estimate of drug-likeness (QED) is 0.236. The molecule has 1 atom stereocenters. The Morgan fingerprint density at radius 2 is 1.49 bits per heavy atom. The van der Waals surface area contributed by atoms with Crippen molar-refractivity contribution in [1.29, 1.82) is 0 Å². The zero-order chi connectivity index (χ0) is 27.3. The molecule has 0 fully saturated rings. The number of benzene rings is 4. The van der Waals surface area contributed by atoms with Crippen molar-refractivity contribution in [2.24, 2.45) is 0 Å². The molecule has 4 aromatic carbocycles.